The van der Waals surface area contributed by atoms with E-state index in [0.717, 1.165) is 24.2 Å². The lowest BCUT2D eigenvalue weighted by molar-refractivity contribution is -0.122. The van der Waals surface area contributed by atoms with Gasteiger partial charge in [0.25, 0.3) is 0 Å². The topological polar surface area (TPSA) is 50.2 Å². The van der Waals surface area contributed by atoms with E-state index in [1.165, 1.54) is 11.3 Å². The predicted octanol–water partition coefficient (Wildman–Crippen LogP) is 3.86. The number of hydrogen-bond acceptors (Lipinski definition) is 3. The summed E-state index contributed by atoms with van der Waals surface area (Å²) in [6, 6.07) is 22.6. The summed E-state index contributed by atoms with van der Waals surface area (Å²) in [7, 11) is 1.96. The molecule has 0 bridgehead atoms. The van der Waals surface area contributed by atoms with Gasteiger partial charge in [-0.2, -0.15) is 5.10 Å². The highest BCUT2D eigenvalue weighted by Gasteiger charge is 2.14. The first-order chi connectivity index (χ1) is 14.5. The van der Waals surface area contributed by atoms with Crippen LogP contribution in [0.3, 0.4) is 0 Å². The molecule has 0 radical (unpaired) electrons. The van der Waals surface area contributed by atoms with Crippen LogP contribution in [0.15, 0.2) is 66.7 Å². The Bertz CT molecular complexity index is 919. The van der Waals surface area contributed by atoms with Crippen LogP contribution >= 0.6 is 0 Å². The maximum atomic E-state index is 12.3. The SMILES string of the molecule is CC(C)Cc1cc(CN(C)CC(=O)NCCc2ccccc2)nn1-c1ccccc1. The number of aromatic nitrogens is 2. The Kier molecular flexibility index (Phi) is 7.80. The van der Waals surface area contributed by atoms with Crippen molar-refractivity contribution in [3.8, 4) is 5.69 Å². The quantitative estimate of drug-likeness (QED) is 0.558. The minimum absolute atomic E-state index is 0.0401. The lowest BCUT2D eigenvalue weighted by Crippen LogP contribution is -2.35. The summed E-state index contributed by atoms with van der Waals surface area (Å²) in [5.74, 6) is 0.587. The van der Waals surface area contributed by atoms with Gasteiger partial charge in [-0.15, -0.1) is 0 Å². The van der Waals surface area contributed by atoms with Crippen LogP contribution in [0.5, 0.6) is 0 Å². The van der Waals surface area contributed by atoms with Crippen LogP contribution in [0.25, 0.3) is 5.69 Å². The number of carbonyl (C=O) groups is 1. The molecule has 0 aliphatic rings. The van der Waals surface area contributed by atoms with E-state index in [0.29, 0.717) is 25.6 Å². The van der Waals surface area contributed by atoms with Crippen LogP contribution in [0, 0.1) is 5.92 Å². The number of amides is 1. The third kappa shape index (κ3) is 6.56. The molecular weight excluding hydrogens is 372 g/mol. The minimum Gasteiger partial charge on any atom is -0.355 e. The van der Waals surface area contributed by atoms with Gasteiger partial charge in [-0.1, -0.05) is 62.4 Å². The van der Waals surface area contributed by atoms with E-state index < -0.39 is 0 Å². The zero-order chi connectivity index (χ0) is 21.3. The smallest absolute Gasteiger partial charge is 0.234 e. The first kappa shape index (κ1) is 21.8. The van der Waals surface area contributed by atoms with E-state index in [2.05, 4.69) is 49.5 Å². The summed E-state index contributed by atoms with van der Waals surface area (Å²) >= 11 is 0. The number of likely N-dealkylation sites (N-methyl/N-ethyl adjacent to an activating group) is 1. The van der Waals surface area contributed by atoms with Gasteiger partial charge in [0, 0.05) is 18.8 Å². The molecule has 158 valence electrons. The first-order valence-electron chi connectivity index (χ1n) is 10.6. The van der Waals surface area contributed by atoms with Gasteiger partial charge in [0.15, 0.2) is 0 Å². The van der Waals surface area contributed by atoms with Crippen LogP contribution in [-0.2, 0) is 24.2 Å². The van der Waals surface area contributed by atoms with Crippen LogP contribution in [0.2, 0.25) is 0 Å². The Morgan fingerprint density at radius 3 is 2.40 bits per heavy atom. The maximum Gasteiger partial charge on any atom is 0.234 e. The van der Waals surface area contributed by atoms with Gasteiger partial charge < -0.3 is 5.32 Å². The van der Waals surface area contributed by atoms with E-state index in [9.17, 15) is 4.79 Å². The van der Waals surface area contributed by atoms with Gasteiger partial charge in [0.05, 0.1) is 17.9 Å². The highest BCUT2D eigenvalue weighted by Crippen LogP contribution is 2.17. The Hall–Kier alpha value is -2.92. The molecule has 0 saturated carbocycles. The average molecular weight is 405 g/mol. The molecule has 30 heavy (non-hydrogen) atoms. The zero-order valence-electron chi connectivity index (χ0n) is 18.2. The first-order valence-corrected chi connectivity index (χ1v) is 10.6. The summed E-state index contributed by atoms with van der Waals surface area (Å²) in [5, 5.41) is 7.84. The van der Waals surface area contributed by atoms with Crippen molar-refractivity contribution in [2.75, 3.05) is 20.1 Å². The third-order valence-corrected chi connectivity index (χ3v) is 4.88. The highest BCUT2D eigenvalue weighted by atomic mass is 16.2. The second-order valence-electron chi connectivity index (χ2n) is 8.23. The summed E-state index contributed by atoms with van der Waals surface area (Å²) < 4.78 is 2.03. The molecule has 5 nitrogen and oxygen atoms in total. The second-order valence-corrected chi connectivity index (χ2v) is 8.23. The van der Waals surface area contributed by atoms with Gasteiger partial charge in [0.1, 0.15) is 0 Å². The molecular formula is C25H32N4O. The molecule has 1 heterocycles. The molecule has 0 spiro atoms. The highest BCUT2D eigenvalue weighted by molar-refractivity contribution is 5.77. The summed E-state index contributed by atoms with van der Waals surface area (Å²) in [6.07, 6.45) is 1.81. The van der Waals surface area contributed by atoms with Gasteiger partial charge in [0.2, 0.25) is 5.91 Å². The second kappa shape index (κ2) is 10.7. The van der Waals surface area contributed by atoms with Gasteiger partial charge >= 0.3 is 0 Å². The largest absolute Gasteiger partial charge is 0.355 e. The molecule has 3 rings (SSSR count). The molecule has 0 fully saturated rings. The van der Waals surface area contributed by atoms with Crippen molar-refractivity contribution in [1.82, 2.24) is 20.0 Å². The zero-order valence-corrected chi connectivity index (χ0v) is 18.2. The molecule has 0 aliphatic carbocycles. The van der Waals surface area contributed by atoms with Gasteiger partial charge in [-0.25, -0.2) is 4.68 Å². The number of nitrogens with one attached hydrogen (secondary N) is 1. The fourth-order valence-corrected chi connectivity index (χ4v) is 3.53. The Balaban J connectivity index is 1.55. The summed E-state index contributed by atoms with van der Waals surface area (Å²) in [6.45, 7) is 6.07. The lowest BCUT2D eigenvalue weighted by Gasteiger charge is -2.15. The number of hydrogen-bond donors (Lipinski definition) is 1. The number of rotatable bonds is 10. The van der Waals surface area contributed by atoms with Crippen molar-refractivity contribution < 1.29 is 4.79 Å². The van der Waals surface area contributed by atoms with E-state index in [1.807, 2.05) is 53.0 Å². The van der Waals surface area contributed by atoms with Crippen molar-refractivity contribution in [1.29, 1.82) is 0 Å². The van der Waals surface area contributed by atoms with Gasteiger partial charge in [-0.3, -0.25) is 9.69 Å². The van der Waals surface area contributed by atoms with Crippen molar-refractivity contribution in [2.45, 2.75) is 33.2 Å². The van der Waals surface area contributed by atoms with Crippen LogP contribution in [-0.4, -0.2) is 40.7 Å². The van der Waals surface area contributed by atoms with E-state index >= 15 is 0 Å². The average Bonchev–Trinajstić information content (AvgIpc) is 3.10. The molecule has 2 aromatic carbocycles. The molecule has 0 atom stereocenters. The molecule has 0 saturated heterocycles. The Morgan fingerprint density at radius 2 is 1.73 bits per heavy atom. The fourth-order valence-electron chi connectivity index (χ4n) is 3.53. The fraction of sp³-hybridized carbons (Fsp3) is 0.360. The van der Waals surface area contributed by atoms with Crippen molar-refractivity contribution >= 4 is 5.91 Å². The van der Waals surface area contributed by atoms with Crippen molar-refractivity contribution in [3.05, 3.63) is 83.7 Å². The lowest BCUT2D eigenvalue weighted by atomic mass is 10.1. The molecule has 1 aromatic heterocycles. The Morgan fingerprint density at radius 1 is 1.07 bits per heavy atom. The van der Waals surface area contributed by atoms with Gasteiger partial charge in [-0.05, 0) is 49.6 Å². The maximum absolute atomic E-state index is 12.3. The number of para-hydroxylation sites is 1. The van der Waals surface area contributed by atoms with E-state index in [-0.39, 0.29) is 5.91 Å². The van der Waals surface area contributed by atoms with Crippen LogP contribution in [0.4, 0.5) is 0 Å². The number of carbonyl (C=O) groups excluding carboxylic acids is 1. The molecule has 5 heteroatoms. The van der Waals surface area contributed by atoms with Crippen molar-refractivity contribution in [2.24, 2.45) is 5.92 Å². The number of benzene rings is 2. The normalized spacial score (nSPS) is 11.2. The van der Waals surface area contributed by atoms with Crippen molar-refractivity contribution in [3.63, 3.8) is 0 Å². The van der Waals surface area contributed by atoms with Crippen LogP contribution < -0.4 is 5.32 Å². The predicted molar refractivity (Wildman–Crippen MR) is 122 cm³/mol. The molecule has 3 aromatic rings. The minimum atomic E-state index is 0.0401. The third-order valence-electron chi connectivity index (χ3n) is 4.88. The molecule has 0 aliphatic heterocycles. The van der Waals surface area contributed by atoms with E-state index in [1.54, 1.807) is 0 Å². The molecule has 1 N–H and O–H groups in total. The summed E-state index contributed by atoms with van der Waals surface area (Å²) in [4.78, 5) is 14.3. The van der Waals surface area contributed by atoms with Crippen LogP contribution in [0.1, 0.15) is 30.8 Å². The molecule has 1 amide bonds. The monoisotopic (exact) mass is 404 g/mol. The number of nitrogens with zero attached hydrogens (tertiary/aromatic N) is 3. The molecule has 0 unspecified atom stereocenters. The Labute approximate surface area is 179 Å². The summed E-state index contributed by atoms with van der Waals surface area (Å²) in [5.41, 5.74) is 4.48. The van der Waals surface area contributed by atoms with E-state index in [4.69, 9.17) is 5.10 Å². The standard InChI is InChI=1S/C25H32N4O/c1-20(2)16-24-17-22(27-29(24)23-12-8-5-9-13-23)18-28(3)19-25(30)26-15-14-21-10-6-4-7-11-21/h4-13,17,20H,14-16,18-19H2,1-3H3,(H,26,30).